The lowest BCUT2D eigenvalue weighted by Gasteiger charge is -2.19. The van der Waals surface area contributed by atoms with E-state index in [4.69, 9.17) is 4.84 Å². The van der Waals surface area contributed by atoms with Gasteiger partial charge in [0.05, 0.1) is 22.1 Å². The smallest absolute Gasteiger partial charge is 0.267 e. The normalized spacial score (nSPS) is 20.5. The number of thiazole rings is 1. The molecule has 1 N–H and O–H groups in total. The highest BCUT2D eigenvalue weighted by molar-refractivity contribution is 7.12. The number of rotatable bonds is 5. The van der Waals surface area contributed by atoms with E-state index >= 15 is 0 Å². The van der Waals surface area contributed by atoms with Gasteiger partial charge >= 0.3 is 0 Å². The van der Waals surface area contributed by atoms with Crippen LogP contribution in [-0.2, 0) is 22.6 Å². The molecule has 1 amide bonds. The summed E-state index contributed by atoms with van der Waals surface area (Å²) in [5.41, 5.74) is 0.772. The predicted octanol–water partition coefficient (Wildman–Crippen LogP) is 2.97. The first-order valence-electron chi connectivity index (χ1n) is 7.11. The number of carbonyl (C=O) groups is 1. The molecule has 0 spiro atoms. The second-order valence-electron chi connectivity index (χ2n) is 5.28. The van der Waals surface area contributed by atoms with Gasteiger partial charge in [0.1, 0.15) is 5.71 Å². The zero-order valence-electron chi connectivity index (χ0n) is 12.5. The number of thiophene rings is 1. The molecule has 0 saturated carbocycles. The molecule has 0 aromatic carbocycles. The Morgan fingerprint density at radius 1 is 1.50 bits per heavy atom. The first kappa shape index (κ1) is 15.2. The molecular weight excluding hydrogens is 318 g/mol. The minimum atomic E-state index is -0.942. The van der Waals surface area contributed by atoms with Gasteiger partial charge in [0.15, 0.2) is 0 Å². The van der Waals surface area contributed by atoms with Crippen LogP contribution in [0.5, 0.6) is 0 Å². The fraction of sp³-hybridized carbons (Fsp3) is 0.400. The van der Waals surface area contributed by atoms with E-state index in [2.05, 4.69) is 22.4 Å². The minimum absolute atomic E-state index is 0.158. The van der Waals surface area contributed by atoms with Crippen LogP contribution < -0.4 is 5.32 Å². The monoisotopic (exact) mass is 335 g/mol. The van der Waals surface area contributed by atoms with Gasteiger partial charge in [-0.2, -0.15) is 0 Å². The topological polar surface area (TPSA) is 63.6 Å². The third-order valence-electron chi connectivity index (χ3n) is 3.48. The standard InChI is InChI=1S/C15H17N3O2S2/c1-3-13-17-10(9-22-13)8-16-14(19)15(2)7-11(18-20-15)12-5-4-6-21-12/h4-6,9H,3,7-8H2,1-2H3,(H,16,19)/t15-/m0/s1. The van der Waals surface area contributed by atoms with Crippen molar-refractivity contribution >= 4 is 34.3 Å². The molecule has 22 heavy (non-hydrogen) atoms. The third-order valence-corrected chi connectivity index (χ3v) is 5.44. The van der Waals surface area contributed by atoms with Crippen LogP contribution >= 0.6 is 22.7 Å². The average molecular weight is 335 g/mol. The summed E-state index contributed by atoms with van der Waals surface area (Å²) in [4.78, 5) is 23.3. The van der Waals surface area contributed by atoms with Crippen LogP contribution in [0.1, 0.15) is 35.8 Å². The van der Waals surface area contributed by atoms with E-state index in [1.807, 2.05) is 22.9 Å². The summed E-state index contributed by atoms with van der Waals surface area (Å²) in [5, 5.41) is 12.0. The van der Waals surface area contributed by atoms with Gasteiger partial charge in [-0.1, -0.05) is 18.1 Å². The average Bonchev–Trinajstić information content (AvgIpc) is 3.25. The van der Waals surface area contributed by atoms with E-state index in [0.29, 0.717) is 13.0 Å². The van der Waals surface area contributed by atoms with Gasteiger partial charge in [-0.25, -0.2) is 4.98 Å². The summed E-state index contributed by atoms with van der Waals surface area (Å²) in [5.74, 6) is -0.158. The van der Waals surface area contributed by atoms with E-state index in [0.717, 1.165) is 27.7 Å². The molecule has 1 aliphatic heterocycles. The van der Waals surface area contributed by atoms with Crippen molar-refractivity contribution in [2.45, 2.75) is 38.8 Å². The second-order valence-corrected chi connectivity index (χ2v) is 7.17. The van der Waals surface area contributed by atoms with Gasteiger partial charge in [-0.05, 0) is 24.8 Å². The molecule has 5 nitrogen and oxygen atoms in total. The lowest BCUT2D eigenvalue weighted by atomic mass is 9.98. The van der Waals surface area contributed by atoms with Crippen LogP contribution in [-0.4, -0.2) is 22.2 Å². The number of aryl methyl sites for hydroxylation is 1. The van der Waals surface area contributed by atoms with Crippen LogP contribution in [0.2, 0.25) is 0 Å². The van der Waals surface area contributed by atoms with Crippen LogP contribution in [0.4, 0.5) is 0 Å². The largest absolute Gasteiger partial charge is 0.379 e. The molecule has 0 saturated heterocycles. The highest BCUT2D eigenvalue weighted by Crippen LogP contribution is 2.28. The number of hydrogen-bond donors (Lipinski definition) is 1. The SMILES string of the molecule is CCc1nc(CNC(=O)[C@]2(C)CC(c3cccs3)=NO2)cs1. The molecule has 1 atom stereocenters. The van der Waals surface area contributed by atoms with Gasteiger partial charge in [0.2, 0.25) is 5.60 Å². The highest BCUT2D eigenvalue weighted by atomic mass is 32.1. The Balaban J connectivity index is 1.58. The van der Waals surface area contributed by atoms with Crippen LogP contribution in [0.15, 0.2) is 28.0 Å². The molecule has 7 heteroatoms. The lowest BCUT2D eigenvalue weighted by Crippen LogP contribution is -2.44. The van der Waals surface area contributed by atoms with Crippen molar-refractivity contribution < 1.29 is 9.63 Å². The Labute approximate surface area is 137 Å². The van der Waals surface area contributed by atoms with Crippen molar-refractivity contribution in [3.8, 4) is 0 Å². The van der Waals surface area contributed by atoms with Crippen LogP contribution in [0, 0.1) is 0 Å². The van der Waals surface area contributed by atoms with Crippen molar-refractivity contribution in [1.29, 1.82) is 0 Å². The van der Waals surface area contributed by atoms with E-state index < -0.39 is 5.60 Å². The van der Waals surface area contributed by atoms with E-state index in [-0.39, 0.29) is 5.91 Å². The fourth-order valence-corrected chi connectivity index (χ4v) is 3.64. The van der Waals surface area contributed by atoms with Gasteiger partial charge in [-0.15, -0.1) is 22.7 Å². The molecule has 0 unspecified atom stereocenters. The Bertz CT molecular complexity index is 693. The summed E-state index contributed by atoms with van der Waals surface area (Å²) in [6.07, 6.45) is 1.40. The zero-order chi connectivity index (χ0) is 15.6. The number of oxime groups is 1. The summed E-state index contributed by atoms with van der Waals surface area (Å²) < 4.78 is 0. The number of hydrogen-bond acceptors (Lipinski definition) is 6. The van der Waals surface area contributed by atoms with E-state index in [9.17, 15) is 4.79 Å². The van der Waals surface area contributed by atoms with E-state index in [1.165, 1.54) is 0 Å². The maximum atomic E-state index is 12.4. The van der Waals surface area contributed by atoms with Gasteiger partial charge < -0.3 is 10.2 Å². The van der Waals surface area contributed by atoms with Crippen LogP contribution in [0.3, 0.4) is 0 Å². The minimum Gasteiger partial charge on any atom is -0.379 e. The number of nitrogens with zero attached hydrogens (tertiary/aromatic N) is 2. The molecule has 2 aromatic heterocycles. The molecule has 2 aromatic rings. The molecule has 1 aliphatic rings. The Hall–Kier alpha value is -1.73. The van der Waals surface area contributed by atoms with Crippen molar-refractivity contribution in [2.24, 2.45) is 5.16 Å². The number of carbonyl (C=O) groups excluding carboxylic acids is 1. The third kappa shape index (κ3) is 3.05. The lowest BCUT2D eigenvalue weighted by molar-refractivity contribution is -0.141. The van der Waals surface area contributed by atoms with Crippen molar-refractivity contribution in [3.05, 3.63) is 38.5 Å². The number of amides is 1. The van der Waals surface area contributed by atoms with Gasteiger partial charge in [0, 0.05) is 11.8 Å². The molecule has 0 radical (unpaired) electrons. The second kappa shape index (κ2) is 6.18. The quantitative estimate of drug-likeness (QED) is 0.913. The molecule has 3 heterocycles. The number of nitrogens with one attached hydrogen (secondary N) is 1. The molecular formula is C15H17N3O2S2. The van der Waals surface area contributed by atoms with Gasteiger partial charge in [0.25, 0.3) is 5.91 Å². The summed E-state index contributed by atoms with van der Waals surface area (Å²) in [6.45, 7) is 4.26. The molecule has 3 rings (SSSR count). The first-order chi connectivity index (χ1) is 10.6. The molecule has 0 fully saturated rings. The number of aromatic nitrogens is 1. The van der Waals surface area contributed by atoms with E-state index in [1.54, 1.807) is 29.6 Å². The Kier molecular flexibility index (Phi) is 4.26. The summed E-state index contributed by atoms with van der Waals surface area (Å²) in [6, 6.07) is 3.95. The maximum Gasteiger partial charge on any atom is 0.267 e. The Morgan fingerprint density at radius 3 is 3.05 bits per heavy atom. The molecule has 0 aliphatic carbocycles. The van der Waals surface area contributed by atoms with Crippen molar-refractivity contribution in [3.63, 3.8) is 0 Å². The first-order valence-corrected chi connectivity index (χ1v) is 8.87. The van der Waals surface area contributed by atoms with Gasteiger partial charge in [-0.3, -0.25) is 4.79 Å². The Morgan fingerprint density at radius 2 is 2.36 bits per heavy atom. The summed E-state index contributed by atoms with van der Waals surface area (Å²) >= 11 is 3.21. The molecule has 0 bridgehead atoms. The summed E-state index contributed by atoms with van der Waals surface area (Å²) in [7, 11) is 0. The van der Waals surface area contributed by atoms with Crippen molar-refractivity contribution in [2.75, 3.05) is 0 Å². The van der Waals surface area contributed by atoms with Crippen LogP contribution in [0.25, 0.3) is 0 Å². The fourth-order valence-electron chi connectivity index (χ4n) is 2.19. The van der Waals surface area contributed by atoms with Crippen molar-refractivity contribution in [1.82, 2.24) is 10.3 Å². The predicted molar refractivity (Wildman–Crippen MR) is 88.3 cm³/mol. The molecule has 116 valence electrons. The highest BCUT2D eigenvalue weighted by Gasteiger charge is 2.42. The maximum absolute atomic E-state index is 12.4. The zero-order valence-corrected chi connectivity index (χ0v) is 14.1.